The maximum absolute atomic E-state index is 13.1. The number of thiazole rings is 1. The number of carbonyl (C=O) groups excluding carboxylic acids is 2. The van der Waals surface area contributed by atoms with E-state index in [-0.39, 0.29) is 0 Å². The summed E-state index contributed by atoms with van der Waals surface area (Å²) in [5, 5.41) is 5.93. The molecule has 0 bridgehead atoms. The molecule has 0 spiro atoms. The largest absolute Gasteiger partial charge is 0.444 e. The summed E-state index contributed by atoms with van der Waals surface area (Å²) < 4.78 is 12.2. The molecule has 2 amide bonds. The van der Waals surface area contributed by atoms with Gasteiger partial charge in [0.1, 0.15) is 11.6 Å². The van der Waals surface area contributed by atoms with Gasteiger partial charge in [0.25, 0.3) is 5.91 Å². The van der Waals surface area contributed by atoms with Crippen molar-refractivity contribution in [3.05, 3.63) is 59.7 Å². The number of rotatable bonds is 7. The number of benzene rings is 2. The van der Waals surface area contributed by atoms with Gasteiger partial charge in [0, 0.05) is 0 Å². The second-order valence-corrected chi connectivity index (χ2v) is 9.64. The number of nitrogens with zero attached hydrogens (tertiary/aromatic N) is 1. The van der Waals surface area contributed by atoms with Crippen molar-refractivity contribution >= 4 is 38.7 Å². The summed E-state index contributed by atoms with van der Waals surface area (Å²) >= 11 is 1.38. The van der Waals surface area contributed by atoms with Gasteiger partial charge in [-0.05, 0) is 57.9 Å². The Bertz CT molecular complexity index is 1080. The number of hydrogen-bond donors (Lipinski definition) is 2. The van der Waals surface area contributed by atoms with E-state index >= 15 is 0 Å². The molecule has 0 aliphatic carbocycles. The van der Waals surface area contributed by atoms with Gasteiger partial charge in [-0.2, -0.15) is 0 Å². The molecule has 7 nitrogen and oxygen atoms in total. The van der Waals surface area contributed by atoms with Crippen LogP contribution < -0.4 is 10.6 Å². The molecule has 3 rings (SSSR count). The summed E-state index contributed by atoms with van der Waals surface area (Å²) in [5.41, 5.74) is 2.20. The maximum Gasteiger partial charge on any atom is 0.408 e. The van der Waals surface area contributed by atoms with Crippen LogP contribution in [-0.4, -0.2) is 34.7 Å². The van der Waals surface area contributed by atoms with Gasteiger partial charge in [0.05, 0.1) is 22.9 Å². The van der Waals surface area contributed by atoms with Crippen molar-refractivity contribution in [2.45, 2.75) is 59.0 Å². The minimum atomic E-state index is -0.970. The first kappa shape index (κ1) is 23.7. The first-order chi connectivity index (χ1) is 15.1. The van der Waals surface area contributed by atoms with Crippen LogP contribution in [0.1, 0.15) is 38.8 Å². The molecule has 1 aromatic heterocycles. The van der Waals surface area contributed by atoms with E-state index in [0.29, 0.717) is 11.7 Å². The normalized spacial score (nSPS) is 13.4. The summed E-state index contributed by atoms with van der Waals surface area (Å²) in [6.07, 6.45) is -1.30. The topological polar surface area (TPSA) is 89.6 Å². The highest BCUT2D eigenvalue weighted by Gasteiger charge is 2.30. The van der Waals surface area contributed by atoms with Gasteiger partial charge in [0.2, 0.25) is 0 Å². The Balaban J connectivity index is 1.74. The van der Waals surface area contributed by atoms with E-state index in [4.69, 9.17) is 9.47 Å². The molecule has 0 radical (unpaired) electrons. The number of anilines is 1. The van der Waals surface area contributed by atoms with Crippen molar-refractivity contribution in [1.29, 1.82) is 0 Å². The van der Waals surface area contributed by atoms with Crippen molar-refractivity contribution < 1.29 is 19.1 Å². The van der Waals surface area contributed by atoms with Gasteiger partial charge < -0.3 is 20.1 Å². The SMILES string of the molecule is Cc1ccc2nc(NC(=O)[C@H](NC(=O)OC(C)(C)C)[C@@H](C)OCc3ccccc3)sc2c1. The minimum absolute atomic E-state index is 0.308. The average Bonchev–Trinajstić information content (AvgIpc) is 3.10. The van der Waals surface area contributed by atoms with E-state index in [1.165, 1.54) is 11.3 Å². The molecule has 0 unspecified atom stereocenters. The lowest BCUT2D eigenvalue weighted by Crippen LogP contribution is -2.52. The Labute approximate surface area is 192 Å². The predicted molar refractivity (Wildman–Crippen MR) is 127 cm³/mol. The highest BCUT2D eigenvalue weighted by atomic mass is 32.1. The minimum Gasteiger partial charge on any atom is -0.444 e. The molecule has 0 aliphatic heterocycles. The van der Waals surface area contributed by atoms with Crippen molar-refractivity contribution in [3.8, 4) is 0 Å². The Morgan fingerprint density at radius 3 is 2.53 bits per heavy atom. The van der Waals surface area contributed by atoms with Gasteiger partial charge >= 0.3 is 6.09 Å². The first-order valence-corrected chi connectivity index (χ1v) is 11.3. The zero-order valence-electron chi connectivity index (χ0n) is 19.0. The number of ether oxygens (including phenoxy) is 2. The van der Waals surface area contributed by atoms with E-state index in [9.17, 15) is 9.59 Å². The number of aryl methyl sites for hydroxylation is 1. The van der Waals surface area contributed by atoms with Crippen LogP contribution in [0.25, 0.3) is 10.2 Å². The summed E-state index contributed by atoms with van der Waals surface area (Å²) in [6, 6.07) is 14.6. The lowest BCUT2D eigenvalue weighted by atomic mass is 10.1. The molecule has 8 heteroatoms. The van der Waals surface area contributed by atoms with Crippen molar-refractivity contribution in [2.75, 3.05) is 5.32 Å². The third-order valence-corrected chi connectivity index (χ3v) is 5.49. The standard InChI is InChI=1S/C24H29N3O4S/c1-15-11-12-18-19(13-15)32-22(25-18)27-21(28)20(26-23(29)31-24(3,4)5)16(2)30-14-17-9-7-6-8-10-17/h6-13,16,20H,14H2,1-5H3,(H,26,29)(H,25,27,28)/t16-,20-/m1/s1. The van der Waals surface area contributed by atoms with E-state index in [2.05, 4.69) is 15.6 Å². The molecule has 32 heavy (non-hydrogen) atoms. The summed E-state index contributed by atoms with van der Waals surface area (Å²) in [6.45, 7) is 9.35. The summed E-state index contributed by atoms with van der Waals surface area (Å²) in [5.74, 6) is -0.424. The highest BCUT2D eigenvalue weighted by Crippen LogP contribution is 2.27. The molecule has 1 heterocycles. The number of aromatic nitrogens is 1. The van der Waals surface area contributed by atoms with Crippen LogP contribution in [-0.2, 0) is 20.9 Å². The van der Waals surface area contributed by atoms with Crippen molar-refractivity contribution in [1.82, 2.24) is 10.3 Å². The summed E-state index contributed by atoms with van der Waals surface area (Å²) in [4.78, 5) is 30.0. The molecule has 0 saturated carbocycles. The fraction of sp³-hybridized carbons (Fsp3) is 0.375. The van der Waals surface area contributed by atoms with Gasteiger partial charge in [-0.15, -0.1) is 0 Å². The first-order valence-electron chi connectivity index (χ1n) is 10.4. The zero-order valence-corrected chi connectivity index (χ0v) is 19.8. The number of alkyl carbamates (subject to hydrolysis) is 1. The average molecular weight is 456 g/mol. The van der Waals surface area contributed by atoms with Crippen molar-refractivity contribution in [2.24, 2.45) is 0 Å². The fourth-order valence-electron chi connectivity index (χ4n) is 3.00. The lowest BCUT2D eigenvalue weighted by molar-refractivity contribution is -0.122. The highest BCUT2D eigenvalue weighted by molar-refractivity contribution is 7.22. The molecule has 2 atom stereocenters. The third-order valence-electron chi connectivity index (χ3n) is 4.55. The smallest absolute Gasteiger partial charge is 0.408 e. The maximum atomic E-state index is 13.1. The second kappa shape index (κ2) is 10.1. The molecule has 0 fully saturated rings. The van der Waals surface area contributed by atoms with Crippen LogP contribution in [0.5, 0.6) is 0 Å². The zero-order chi connectivity index (χ0) is 23.3. The van der Waals surface area contributed by atoms with Crippen LogP contribution in [0.4, 0.5) is 9.93 Å². The molecular weight excluding hydrogens is 426 g/mol. The Kier molecular flexibility index (Phi) is 7.48. The number of amides is 2. The monoisotopic (exact) mass is 455 g/mol. The van der Waals surface area contributed by atoms with E-state index in [1.807, 2.05) is 55.5 Å². The summed E-state index contributed by atoms with van der Waals surface area (Å²) in [7, 11) is 0. The molecule has 0 saturated heterocycles. The van der Waals surface area contributed by atoms with Crippen molar-refractivity contribution in [3.63, 3.8) is 0 Å². The number of carbonyl (C=O) groups is 2. The van der Waals surface area contributed by atoms with E-state index in [0.717, 1.165) is 21.3 Å². The Morgan fingerprint density at radius 2 is 1.84 bits per heavy atom. The van der Waals surface area contributed by atoms with Crippen LogP contribution >= 0.6 is 11.3 Å². The van der Waals surface area contributed by atoms with Gasteiger partial charge in [-0.1, -0.05) is 47.7 Å². The predicted octanol–water partition coefficient (Wildman–Crippen LogP) is 5.04. The second-order valence-electron chi connectivity index (χ2n) is 8.61. The fourth-order valence-corrected chi connectivity index (χ4v) is 3.96. The van der Waals surface area contributed by atoms with Crippen LogP contribution in [0.3, 0.4) is 0 Å². The van der Waals surface area contributed by atoms with Crippen LogP contribution in [0.15, 0.2) is 48.5 Å². The molecule has 0 aliphatic rings. The molecule has 2 N–H and O–H groups in total. The van der Waals surface area contributed by atoms with Crippen LogP contribution in [0, 0.1) is 6.92 Å². The molecule has 3 aromatic rings. The van der Waals surface area contributed by atoms with Gasteiger partial charge in [-0.25, -0.2) is 9.78 Å². The van der Waals surface area contributed by atoms with E-state index in [1.54, 1.807) is 27.7 Å². The van der Waals surface area contributed by atoms with Gasteiger partial charge in [-0.3, -0.25) is 4.79 Å². The molecule has 170 valence electrons. The lowest BCUT2D eigenvalue weighted by Gasteiger charge is -2.26. The third kappa shape index (κ3) is 6.77. The number of hydrogen-bond acceptors (Lipinski definition) is 6. The quantitative estimate of drug-likeness (QED) is 0.521. The number of nitrogens with one attached hydrogen (secondary N) is 2. The van der Waals surface area contributed by atoms with E-state index < -0.39 is 29.7 Å². The van der Waals surface area contributed by atoms with Gasteiger partial charge in [0.15, 0.2) is 5.13 Å². The Morgan fingerprint density at radius 1 is 1.12 bits per heavy atom. The molecular formula is C24H29N3O4S. The number of fused-ring (bicyclic) bond motifs is 1. The molecule has 2 aromatic carbocycles. The van der Waals surface area contributed by atoms with Crippen LogP contribution in [0.2, 0.25) is 0 Å². The Hall–Kier alpha value is -2.97.